The number of hydrogen-bond acceptors (Lipinski definition) is 0. The van der Waals surface area contributed by atoms with Gasteiger partial charge < -0.3 is 0 Å². The van der Waals surface area contributed by atoms with Gasteiger partial charge >= 0.3 is 0 Å². The number of benzene rings is 10. The van der Waals surface area contributed by atoms with Crippen molar-refractivity contribution in [3.05, 3.63) is 193 Å². The van der Waals surface area contributed by atoms with Crippen LogP contribution in [-0.2, 0) is 5.41 Å². The topological polar surface area (TPSA) is 0 Å². The summed E-state index contributed by atoms with van der Waals surface area (Å²) in [6, 6.07) is 68.0. The van der Waals surface area contributed by atoms with Gasteiger partial charge in [0.1, 0.15) is 0 Å². The van der Waals surface area contributed by atoms with Crippen LogP contribution in [0.3, 0.4) is 0 Å². The van der Waals surface area contributed by atoms with E-state index >= 15 is 0 Å². The Morgan fingerprint density at radius 1 is 0.264 bits per heavy atom. The van der Waals surface area contributed by atoms with E-state index in [2.05, 4.69) is 196 Å². The van der Waals surface area contributed by atoms with E-state index in [0.717, 1.165) is 0 Å². The second-order valence-electron chi connectivity index (χ2n) is 15.2. The Kier molecular flexibility index (Phi) is 6.40. The lowest BCUT2D eigenvalue weighted by atomic mass is 9.80. The molecule has 0 radical (unpaired) electrons. The Balaban J connectivity index is 1.06. The molecule has 0 aliphatic heterocycles. The molecule has 0 aromatic heterocycles. The van der Waals surface area contributed by atoms with E-state index < -0.39 is 0 Å². The molecule has 10 aromatic carbocycles. The molecule has 0 fully saturated rings. The predicted molar refractivity (Wildman–Crippen MR) is 228 cm³/mol. The Morgan fingerprint density at radius 3 is 1.42 bits per heavy atom. The maximum absolute atomic E-state index is 2.46. The van der Waals surface area contributed by atoms with Gasteiger partial charge in [-0.05, 0) is 128 Å². The molecule has 0 unspecified atom stereocenters. The monoisotopic (exact) mass is 672 g/mol. The molecule has 0 saturated carbocycles. The summed E-state index contributed by atoms with van der Waals surface area (Å²) in [5, 5.41) is 12.9. The molecule has 10 aromatic rings. The van der Waals surface area contributed by atoms with E-state index in [1.165, 1.54) is 109 Å². The largest absolute Gasteiger partial charge is 0.0616 e. The van der Waals surface area contributed by atoms with E-state index in [-0.39, 0.29) is 5.41 Å². The highest BCUT2D eigenvalue weighted by atomic mass is 14.4. The van der Waals surface area contributed by atoms with Crippen molar-refractivity contribution in [1.82, 2.24) is 0 Å². The normalized spacial score (nSPS) is 13.2. The third-order valence-corrected chi connectivity index (χ3v) is 12.1. The lowest BCUT2D eigenvalue weighted by Crippen LogP contribution is -2.15. The van der Waals surface area contributed by atoms with Crippen molar-refractivity contribution in [2.24, 2.45) is 0 Å². The van der Waals surface area contributed by atoms with Crippen LogP contribution in [0.1, 0.15) is 25.0 Å². The third-order valence-electron chi connectivity index (χ3n) is 12.1. The van der Waals surface area contributed by atoms with Crippen molar-refractivity contribution in [3.63, 3.8) is 0 Å². The van der Waals surface area contributed by atoms with Crippen molar-refractivity contribution in [2.45, 2.75) is 19.3 Å². The first-order valence-corrected chi connectivity index (χ1v) is 18.7. The van der Waals surface area contributed by atoms with Crippen LogP contribution in [-0.4, -0.2) is 0 Å². The molecule has 0 heteroatoms. The molecule has 0 N–H and O–H groups in total. The van der Waals surface area contributed by atoms with Gasteiger partial charge in [0.25, 0.3) is 0 Å². The van der Waals surface area contributed by atoms with Gasteiger partial charge in [-0.1, -0.05) is 178 Å². The zero-order chi connectivity index (χ0) is 35.3. The molecular formula is C53H36. The molecule has 1 aliphatic rings. The number of rotatable bonds is 3. The first-order chi connectivity index (χ1) is 26.0. The van der Waals surface area contributed by atoms with Crippen molar-refractivity contribution in [3.8, 4) is 44.5 Å². The van der Waals surface area contributed by atoms with Gasteiger partial charge in [-0.25, -0.2) is 0 Å². The van der Waals surface area contributed by atoms with Crippen LogP contribution in [0.5, 0.6) is 0 Å². The van der Waals surface area contributed by atoms with Crippen LogP contribution in [0.4, 0.5) is 0 Å². The van der Waals surface area contributed by atoms with Crippen LogP contribution < -0.4 is 0 Å². The van der Waals surface area contributed by atoms with Crippen LogP contribution in [0.2, 0.25) is 0 Å². The number of hydrogen-bond donors (Lipinski definition) is 0. The second kappa shape index (κ2) is 11.2. The van der Waals surface area contributed by atoms with Crippen molar-refractivity contribution >= 4 is 53.9 Å². The van der Waals surface area contributed by atoms with Gasteiger partial charge in [-0.2, -0.15) is 0 Å². The van der Waals surface area contributed by atoms with Gasteiger partial charge in [-0.3, -0.25) is 0 Å². The standard InChI is InChI=1S/C53H36/c1-53(2)51-30-35(39-19-9-14-33-12-3-5-15-37(33)39)25-28-47(51)48-29-26-36(31-52(48)53)40-20-10-22-43-41(40)21-11-23-45(43)50-32-49-38-16-6-4-13-34(38)24-27-46(49)42-17-7-8-18-44(42)50/h3-32H,1-2H3. The summed E-state index contributed by atoms with van der Waals surface area (Å²) < 4.78 is 0. The van der Waals surface area contributed by atoms with Gasteiger partial charge in [0.15, 0.2) is 0 Å². The summed E-state index contributed by atoms with van der Waals surface area (Å²) in [6.07, 6.45) is 0. The van der Waals surface area contributed by atoms with E-state index in [4.69, 9.17) is 0 Å². The fourth-order valence-corrected chi connectivity index (χ4v) is 9.43. The quantitative estimate of drug-likeness (QED) is 0.164. The second-order valence-corrected chi connectivity index (χ2v) is 15.2. The lowest BCUT2D eigenvalue weighted by molar-refractivity contribution is 0.661. The Labute approximate surface area is 309 Å². The average Bonchev–Trinajstić information content (AvgIpc) is 3.44. The minimum absolute atomic E-state index is 0.135. The smallest absolute Gasteiger partial charge is 0.0159 e. The van der Waals surface area contributed by atoms with Crippen LogP contribution in [0, 0.1) is 0 Å². The molecule has 0 spiro atoms. The van der Waals surface area contributed by atoms with Gasteiger partial charge in [0.2, 0.25) is 0 Å². The molecular weight excluding hydrogens is 637 g/mol. The lowest BCUT2D eigenvalue weighted by Gasteiger charge is -2.23. The Bertz CT molecular complexity index is 3130. The first kappa shape index (κ1) is 30.2. The van der Waals surface area contributed by atoms with E-state index in [1.807, 2.05) is 0 Å². The van der Waals surface area contributed by atoms with Crippen molar-refractivity contribution in [2.75, 3.05) is 0 Å². The average molecular weight is 673 g/mol. The maximum atomic E-state index is 2.46. The highest BCUT2D eigenvalue weighted by Gasteiger charge is 2.36. The van der Waals surface area contributed by atoms with E-state index in [9.17, 15) is 0 Å². The van der Waals surface area contributed by atoms with Crippen molar-refractivity contribution < 1.29 is 0 Å². The molecule has 0 bridgehead atoms. The molecule has 0 amide bonds. The molecule has 11 rings (SSSR count). The van der Waals surface area contributed by atoms with Crippen LogP contribution in [0.15, 0.2) is 182 Å². The van der Waals surface area contributed by atoms with Crippen LogP contribution in [0.25, 0.3) is 98.4 Å². The van der Waals surface area contributed by atoms with E-state index in [0.29, 0.717) is 0 Å². The maximum Gasteiger partial charge on any atom is 0.0159 e. The van der Waals surface area contributed by atoms with Crippen LogP contribution >= 0.6 is 0 Å². The summed E-state index contributed by atoms with van der Waals surface area (Å²) in [5.74, 6) is 0. The summed E-state index contributed by atoms with van der Waals surface area (Å²) in [7, 11) is 0. The third kappa shape index (κ3) is 4.42. The highest BCUT2D eigenvalue weighted by Crippen LogP contribution is 2.51. The fourth-order valence-electron chi connectivity index (χ4n) is 9.43. The first-order valence-electron chi connectivity index (χ1n) is 18.7. The minimum Gasteiger partial charge on any atom is -0.0616 e. The molecule has 1 aliphatic carbocycles. The zero-order valence-corrected chi connectivity index (χ0v) is 29.8. The molecule has 0 atom stereocenters. The SMILES string of the molecule is CC1(C)c2cc(-c3cccc4ccccc34)ccc2-c2ccc(-c3cccc4c(-c5cc6c7ccccc7ccc6c6ccccc56)cccc34)cc21. The molecule has 248 valence electrons. The number of fused-ring (bicyclic) bond motifs is 10. The molecule has 0 nitrogen and oxygen atoms in total. The van der Waals surface area contributed by atoms with Gasteiger partial charge in [-0.15, -0.1) is 0 Å². The summed E-state index contributed by atoms with van der Waals surface area (Å²) in [4.78, 5) is 0. The molecule has 0 saturated heterocycles. The highest BCUT2D eigenvalue weighted by molar-refractivity contribution is 6.22. The van der Waals surface area contributed by atoms with Gasteiger partial charge in [0, 0.05) is 5.41 Å². The fraction of sp³-hybridized carbons (Fsp3) is 0.0566. The zero-order valence-electron chi connectivity index (χ0n) is 29.8. The summed E-state index contributed by atoms with van der Waals surface area (Å²) in [5.41, 5.74) is 13.0. The summed E-state index contributed by atoms with van der Waals surface area (Å²) in [6.45, 7) is 4.79. The Morgan fingerprint density at radius 2 is 0.717 bits per heavy atom. The van der Waals surface area contributed by atoms with Gasteiger partial charge in [0.05, 0.1) is 0 Å². The molecule has 53 heavy (non-hydrogen) atoms. The summed E-state index contributed by atoms with van der Waals surface area (Å²) >= 11 is 0. The predicted octanol–water partition coefficient (Wildman–Crippen LogP) is 14.8. The minimum atomic E-state index is -0.135. The van der Waals surface area contributed by atoms with Crippen molar-refractivity contribution in [1.29, 1.82) is 0 Å². The van der Waals surface area contributed by atoms with E-state index in [1.54, 1.807) is 0 Å². The molecule has 0 heterocycles. The Hall–Kier alpha value is -6.50.